The number of likely N-dealkylation sites (N-methyl/N-ethyl adjacent to an activating group) is 1. The van der Waals surface area contributed by atoms with Crippen molar-refractivity contribution in [2.24, 2.45) is 0 Å². The Labute approximate surface area is 116 Å². The molecule has 0 aliphatic carbocycles. The number of hydrogen-bond donors (Lipinski definition) is 1. The van der Waals surface area contributed by atoms with Crippen molar-refractivity contribution in [3.8, 4) is 5.75 Å². The molecule has 3 heteroatoms. The summed E-state index contributed by atoms with van der Waals surface area (Å²) < 4.78 is 5.54. The molecular weight excluding hydrogens is 236 g/mol. The molecule has 106 valence electrons. The number of ether oxygens (including phenoxy) is 1. The van der Waals surface area contributed by atoms with E-state index in [4.69, 9.17) is 4.74 Å². The fourth-order valence-corrected chi connectivity index (χ4v) is 2.97. The third-order valence-electron chi connectivity index (χ3n) is 3.92. The molecule has 0 saturated carbocycles. The summed E-state index contributed by atoms with van der Waals surface area (Å²) in [6.07, 6.45) is 2.61. The molecule has 1 atom stereocenters. The van der Waals surface area contributed by atoms with Crippen molar-refractivity contribution in [2.75, 3.05) is 27.2 Å². The third kappa shape index (κ3) is 3.71. The Morgan fingerprint density at radius 3 is 2.79 bits per heavy atom. The van der Waals surface area contributed by atoms with Crippen LogP contribution in [0.15, 0.2) is 12.1 Å². The third-order valence-corrected chi connectivity index (χ3v) is 3.92. The van der Waals surface area contributed by atoms with Gasteiger partial charge in [-0.3, -0.25) is 0 Å². The van der Waals surface area contributed by atoms with Gasteiger partial charge in [0, 0.05) is 24.7 Å². The molecule has 0 aromatic heterocycles. The largest absolute Gasteiger partial charge is 0.496 e. The molecule has 0 spiro atoms. The normalized spacial score (nSPS) is 19.1. The molecule has 1 fully saturated rings. The summed E-state index contributed by atoms with van der Waals surface area (Å²) in [6.45, 7) is 7.52. The Balaban J connectivity index is 2.04. The number of hydrogen-bond acceptors (Lipinski definition) is 3. The van der Waals surface area contributed by atoms with Gasteiger partial charge in [-0.2, -0.15) is 0 Å². The van der Waals surface area contributed by atoms with Gasteiger partial charge >= 0.3 is 0 Å². The van der Waals surface area contributed by atoms with Crippen LogP contribution in [0.3, 0.4) is 0 Å². The van der Waals surface area contributed by atoms with E-state index in [1.165, 1.54) is 36.1 Å². The fraction of sp³-hybridized carbons (Fsp3) is 0.625. The zero-order valence-electron chi connectivity index (χ0n) is 12.6. The Morgan fingerprint density at radius 2 is 2.16 bits per heavy atom. The summed E-state index contributed by atoms with van der Waals surface area (Å²) >= 11 is 0. The first-order chi connectivity index (χ1) is 9.10. The van der Waals surface area contributed by atoms with E-state index in [9.17, 15) is 0 Å². The molecule has 1 aromatic carbocycles. The van der Waals surface area contributed by atoms with E-state index in [0.717, 1.165) is 18.8 Å². The van der Waals surface area contributed by atoms with Crippen molar-refractivity contribution in [3.63, 3.8) is 0 Å². The van der Waals surface area contributed by atoms with Gasteiger partial charge in [-0.25, -0.2) is 0 Å². The van der Waals surface area contributed by atoms with Gasteiger partial charge in [0.2, 0.25) is 0 Å². The highest BCUT2D eigenvalue weighted by molar-refractivity contribution is 5.42. The number of rotatable bonds is 5. The number of methoxy groups -OCH3 is 1. The molecule has 1 heterocycles. The first-order valence-electron chi connectivity index (χ1n) is 7.16. The van der Waals surface area contributed by atoms with Gasteiger partial charge in [-0.1, -0.05) is 6.07 Å². The molecule has 0 radical (unpaired) electrons. The standard InChI is InChI=1S/C16H26N2O/c1-12-8-13(2)15(16(9-12)19-4)11-18(3)10-14-6-5-7-17-14/h8-9,14,17H,5-7,10-11H2,1-4H3. The van der Waals surface area contributed by atoms with E-state index in [2.05, 4.69) is 43.2 Å². The molecule has 0 bridgehead atoms. The summed E-state index contributed by atoms with van der Waals surface area (Å²) in [4.78, 5) is 2.39. The molecule has 1 saturated heterocycles. The van der Waals surface area contributed by atoms with Crippen LogP contribution in [0.25, 0.3) is 0 Å². The molecule has 1 aromatic rings. The lowest BCUT2D eigenvalue weighted by Gasteiger charge is -2.23. The quantitative estimate of drug-likeness (QED) is 0.882. The van der Waals surface area contributed by atoms with Crippen LogP contribution in [0.1, 0.15) is 29.5 Å². The molecule has 0 amide bonds. The summed E-state index contributed by atoms with van der Waals surface area (Å²) in [6, 6.07) is 5.02. The minimum absolute atomic E-state index is 0.654. The van der Waals surface area contributed by atoms with E-state index >= 15 is 0 Å². The molecule has 1 unspecified atom stereocenters. The van der Waals surface area contributed by atoms with Gasteiger partial charge < -0.3 is 15.0 Å². The highest BCUT2D eigenvalue weighted by Crippen LogP contribution is 2.25. The van der Waals surface area contributed by atoms with Crippen molar-refractivity contribution in [3.05, 3.63) is 28.8 Å². The maximum absolute atomic E-state index is 5.54. The van der Waals surface area contributed by atoms with E-state index in [-0.39, 0.29) is 0 Å². The van der Waals surface area contributed by atoms with Gasteiger partial charge in [0.25, 0.3) is 0 Å². The first-order valence-corrected chi connectivity index (χ1v) is 7.16. The predicted molar refractivity (Wildman–Crippen MR) is 79.8 cm³/mol. The summed E-state index contributed by atoms with van der Waals surface area (Å²) in [5.41, 5.74) is 3.90. The van der Waals surface area contributed by atoms with E-state index < -0.39 is 0 Å². The van der Waals surface area contributed by atoms with Crippen LogP contribution in [-0.4, -0.2) is 38.2 Å². The van der Waals surface area contributed by atoms with Crippen LogP contribution in [0.4, 0.5) is 0 Å². The Kier molecular flexibility index (Phi) is 4.83. The van der Waals surface area contributed by atoms with Crippen molar-refractivity contribution < 1.29 is 4.74 Å². The predicted octanol–water partition coefficient (Wildman–Crippen LogP) is 2.50. The molecule has 1 aliphatic rings. The zero-order chi connectivity index (χ0) is 13.8. The molecule has 19 heavy (non-hydrogen) atoms. The van der Waals surface area contributed by atoms with Crippen LogP contribution >= 0.6 is 0 Å². The average molecular weight is 262 g/mol. The topological polar surface area (TPSA) is 24.5 Å². The maximum Gasteiger partial charge on any atom is 0.123 e. The van der Waals surface area contributed by atoms with E-state index in [0.29, 0.717) is 6.04 Å². The van der Waals surface area contributed by atoms with Crippen molar-refractivity contribution in [2.45, 2.75) is 39.3 Å². The number of nitrogens with one attached hydrogen (secondary N) is 1. The van der Waals surface area contributed by atoms with Crippen LogP contribution in [0, 0.1) is 13.8 Å². The smallest absolute Gasteiger partial charge is 0.123 e. The fourth-order valence-electron chi connectivity index (χ4n) is 2.97. The monoisotopic (exact) mass is 262 g/mol. The highest BCUT2D eigenvalue weighted by atomic mass is 16.5. The van der Waals surface area contributed by atoms with Crippen molar-refractivity contribution >= 4 is 0 Å². The lowest BCUT2D eigenvalue weighted by Crippen LogP contribution is -2.35. The minimum atomic E-state index is 0.654. The Hall–Kier alpha value is -1.06. The second-order valence-corrected chi connectivity index (χ2v) is 5.75. The average Bonchev–Trinajstić information content (AvgIpc) is 2.85. The Morgan fingerprint density at radius 1 is 1.37 bits per heavy atom. The van der Waals surface area contributed by atoms with Crippen LogP contribution < -0.4 is 10.1 Å². The van der Waals surface area contributed by atoms with Crippen molar-refractivity contribution in [1.82, 2.24) is 10.2 Å². The minimum Gasteiger partial charge on any atom is -0.496 e. The van der Waals surface area contributed by atoms with Crippen molar-refractivity contribution in [1.29, 1.82) is 0 Å². The van der Waals surface area contributed by atoms with Crippen LogP contribution in [-0.2, 0) is 6.54 Å². The lowest BCUT2D eigenvalue weighted by molar-refractivity contribution is 0.287. The van der Waals surface area contributed by atoms with Gasteiger partial charge in [0.15, 0.2) is 0 Å². The SMILES string of the molecule is COc1cc(C)cc(C)c1CN(C)CC1CCCN1. The maximum atomic E-state index is 5.54. The number of nitrogens with zero attached hydrogens (tertiary/aromatic N) is 1. The van der Waals surface area contributed by atoms with Crippen LogP contribution in [0.5, 0.6) is 5.75 Å². The zero-order valence-corrected chi connectivity index (χ0v) is 12.6. The van der Waals surface area contributed by atoms with E-state index in [1.807, 2.05) is 0 Å². The van der Waals surface area contributed by atoms with Crippen LogP contribution in [0.2, 0.25) is 0 Å². The molecule has 1 N–H and O–H groups in total. The highest BCUT2D eigenvalue weighted by Gasteiger charge is 2.17. The second-order valence-electron chi connectivity index (χ2n) is 5.75. The van der Waals surface area contributed by atoms with Gasteiger partial charge in [-0.05, 0) is 57.5 Å². The first kappa shape index (κ1) is 14.4. The van der Waals surface area contributed by atoms with E-state index in [1.54, 1.807) is 7.11 Å². The lowest BCUT2D eigenvalue weighted by atomic mass is 10.0. The number of aryl methyl sites for hydroxylation is 2. The number of benzene rings is 1. The molecule has 2 rings (SSSR count). The summed E-state index contributed by atoms with van der Waals surface area (Å²) in [7, 11) is 3.95. The van der Waals surface area contributed by atoms with Gasteiger partial charge in [0.05, 0.1) is 7.11 Å². The Bertz CT molecular complexity index is 425. The molecule has 3 nitrogen and oxygen atoms in total. The van der Waals surface area contributed by atoms with Gasteiger partial charge in [-0.15, -0.1) is 0 Å². The molecular formula is C16H26N2O. The summed E-state index contributed by atoms with van der Waals surface area (Å²) in [5.74, 6) is 1.02. The molecule has 1 aliphatic heterocycles. The second kappa shape index (κ2) is 6.40. The summed E-state index contributed by atoms with van der Waals surface area (Å²) in [5, 5.41) is 3.55. The van der Waals surface area contributed by atoms with Gasteiger partial charge in [0.1, 0.15) is 5.75 Å².